The highest BCUT2D eigenvalue weighted by atomic mass is 35.5. The molecule has 1 heterocycles. The van der Waals surface area contributed by atoms with E-state index in [2.05, 4.69) is 4.98 Å². The van der Waals surface area contributed by atoms with Crippen molar-refractivity contribution < 1.29 is 31.8 Å². The zero-order valence-electron chi connectivity index (χ0n) is 16.1. The van der Waals surface area contributed by atoms with E-state index in [1.807, 2.05) is 5.32 Å². The van der Waals surface area contributed by atoms with Crippen LogP contribution in [0.2, 0.25) is 10.0 Å². The van der Waals surface area contributed by atoms with Crippen LogP contribution in [0.1, 0.15) is 16.4 Å². The van der Waals surface area contributed by atoms with Crippen LogP contribution in [0.3, 0.4) is 0 Å². The van der Waals surface area contributed by atoms with Gasteiger partial charge in [-0.3, -0.25) is 0 Å². The third-order valence-electron chi connectivity index (χ3n) is 4.40. The lowest BCUT2D eigenvalue weighted by Crippen LogP contribution is -2.29. The van der Waals surface area contributed by atoms with Gasteiger partial charge in [0.25, 0.3) is 0 Å². The zero-order chi connectivity index (χ0) is 23.6. The standard InChI is InChI=1S/C20H14Cl2F2N2O5S/c1-31-17-7-11(3-4-14(17)21)32(29,30)19(13-6-10(23)2-5-16(13)24)12-8-18(26-20(27)28)25-9-15(12)22/h2-9,19H,1H3,(H,25,26)(H,27,28)/p-1. The average molecular weight is 502 g/mol. The molecule has 1 atom stereocenters. The van der Waals surface area contributed by atoms with E-state index < -0.39 is 38.4 Å². The molecular formula is C20H13Cl2F2N2O5S-. The molecule has 0 aliphatic rings. The maximum absolute atomic E-state index is 14.7. The molecule has 0 fully saturated rings. The number of rotatable bonds is 6. The topological polar surface area (TPSA) is 108 Å². The van der Waals surface area contributed by atoms with E-state index in [1.165, 1.54) is 19.2 Å². The fourth-order valence-electron chi connectivity index (χ4n) is 3.00. The normalized spacial score (nSPS) is 12.3. The number of hydrogen-bond donors (Lipinski definition) is 1. The van der Waals surface area contributed by atoms with E-state index in [0.717, 1.165) is 30.5 Å². The molecule has 0 spiro atoms. The summed E-state index contributed by atoms with van der Waals surface area (Å²) in [6.45, 7) is 0. The van der Waals surface area contributed by atoms with Crippen LogP contribution < -0.4 is 15.2 Å². The maximum atomic E-state index is 14.7. The van der Waals surface area contributed by atoms with Gasteiger partial charge in [-0.1, -0.05) is 23.2 Å². The number of aromatic nitrogens is 1. The first-order valence-electron chi connectivity index (χ1n) is 8.70. The second kappa shape index (κ2) is 9.27. The first kappa shape index (κ1) is 23.7. The van der Waals surface area contributed by atoms with Crippen LogP contribution in [0.4, 0.5) is 19.4 Å². The highest BCUT2D eigenvalue weighted by Gasteiger charge is 2.35. The lowest BCUT2D eigenvalue weighted by atomic mass is 10.0. The molecule has 168 valence electrons. The Hall–Kier alpha value is -2.95. The van der Waals surface area contributed by atoms with Gasteiger partial charge in [0, 0.05) is 17.8 Å². The van der Waals surface area contributed by atoms with Gasteiger partial charge >= 0.3 is 0 Å². The summed E-state index contributed by atoms with van der Waals surface area (Å²) in [5, 5.41) is 10.8. The molecule has 1 amide bonds. The van der Waals surface area contributed by atoms with E-state index in [1.54, 1.807) is 0 Å². The van der Waals surface area contributed by atoms with Crippen molar-refractivity contribution in [1.82, 2.24) is 4.98 Å². The minimum atomic E-state index is -4.51. The largest absolute Gasteiger partial charge is 0.530 e. The van der Waals surface area contributed by atoms with Gasteiger partial charge in [0.15, 0.2) is 9.84 Å². The second-order valence-corrected chi connectivity index (χ2v) is 9.24. The Bertz CT molecular complexity index is 1310. The summed E-state index contributed by atoms with van der Waals surface area (Å²) >= 11 is 12.1. The number of methoxy groups -OCH3 is 1. The minimum Gasteiger partial charge on any atom is -0.530 e. The summed E-state index contributed by atoms with van der Waals surface area (Å²) in [4.78, 5) is 14.3. The van der Waals surface area contributed by atoms with Gasteiger partial charge in [-0.05, 0) is 42.0 Å². The van der Waals surface area contributed by atoms with E-state index in [9.17, 15) is 27.1 Å². The molecule has 0 saturated carbocycles. The van der Waals surface area contributed by atoms with Gasteiger partial charge in [-0.15, -0.1) is 0 Å². The summed E-state index contributed by atoms with van der Waals surface area (Å²) in [6.07, 6.45) is -0.741. The van der Waals surface area contributed by atoms with Crippen LogP contribution >= 0.6 is 23.2 Å². The van der Waals surface area contributed by atoms with Gasteiger partial charge in [0.2, 0.25) is 0 Å². The number of halogens is 4. The van der Waals surface area contributed by atoms with Crippen molar-refractivity contribution in [2.45, 2.75) is 10.1 Å². The molecule has 1 unspecified atom stereocenters. The summed E-state index contributed by atoms with van der Waals surface area (Å²) in [5.41, 5.74) is -0.796. The number of nitrogens with one attached hydrogen (secondary N) is 1. The van der Waals surface area contributed by atoms with Crippen molar-refractivity contribution in [3.05, 3.63) is 81.5 Å². The molecule has 7 nitrogen and oxygen atoms in total. The molecule has 0 bridgehead atoms. The zero-order valence-corrected chi connectivity index (χ0v) is 18.4. The number of carbonyl (C=O) groups is 1. The average Bonchev–Trinajstić information content (AvgIpc) is 2.72. The molecule has 12 heteroatoms. The lowest BCUT2D eigenvalue weighted by molar-refractivity contribution is -0.242. The molecule has 3 rings (SSSR count). The number of sulfone groups is 1. The fraction of sp³-hybridized carbons (Fsp3) is 0.100. The number of amides is 1. The van der Waals surface area contributed by atoms with Crippen LogP contribution in [0.15, 0.2) is 53.6 Å². The third-order valence-corrected chi connectivity index (χ3v) is 7.07. The van der Waals surface area contributed by atoms with E-state index in [0.29, 0.717) is 6.07 Å². The number of anilines is 1. The van der Waals surface area contributed by atoms with Gasteiger partial charge in [-0.2, -0.15) is 0 Å². The van der Waals surface area contributed by atoms with Crippen molar-refractivity contribution in [3.63, 3.8) is 0 Å². The van der Waals surface area contributed by atoms with Crippen LogP contribution in [-0.4, -0.2) is 26.6 Å². The summed E-state index contributed by atoms with van der Waals surface area (Å²) in [5.74, 6) is -2.21. The van der Waals surface area contributed by atoms with E-state index in [-0.39, 0.29) is 32.1 Å². The predicted molar refractivity (Wildman–Crippen MR) is 112 cm³/mol. The Kier molecular flexibility index (Phi) is 6.87. The Labute approximate surface area is 191 Å². The molecule has 2 aromatic carbocycles. The summed E-state index contributed by atoms with van der Waals surface area (Å²) < 4.78 is 61.1. The Morgan fingerprint density at radius 3 is 2.47 bits per heavy atom. The van der Waals surface area contributed by atoms with Crippen molar-refractivity contribution >= 4 is 45.0 Å². The highest BCUT2D eigenvalue weighted by Crippen LogP contribution is 2.41. The highest BCUT2D eigenvalue weighted by molar-refractivity contribution is 7.92. The number of pyridine rings is 1. The number of carboxylic acid groups (broad SMARTS) is 1. The number of ether oxygens (including phenoxy) is 1. The fourth-order valence-corrected chi connectivity index (χ4v) is 5.32. The SMILES string of the molecule is COc1cc(S(=O)(=O)C(c2cc(F)ccc2F)c2cc(NC(=O)[O-])ncc2Cl)ccc1Cl. The van der Waals surface area contributed by atoms with E-state index in [4.69, 9.17) is 27.9 Å². The maximum Gasteiger partial charge on any atom is 0.189 e. The molecule has 1 aromatic heterocycles. The molecule has 0 saturated heterocycles. The van der Waals surface area contributed by atoms with Crippen LogP contribution in [0.25, 0.3) is 0 Å². The predicted octanol–water partition coefficient (Wildman–Crippen LogP) is 3.99. The second-order valence-electron chi connectivity index (χ2n) is 6.39. The van der Waals surface area contributed by atoms with Gasteiger partial charge in [0.05, 0.1) is 22.1 Å². The Morgan fingerprint density at radius 1 is 1.09 bits per heavy atom. The first-order valence-corrected chi connectivity index (χ1v) is 11.0. The van der Waals surface area contributed by atoms with Crippen LogP contribution in [0.5, 0.6) is 5.75 Å². The summed E-state index contributed by atoms with van der Waals surface area (Å²) in [7, 11) is -3.24. The molecule has 1 N–H and O–H groups in total. The van der Waals surface area contributed by atoms with Gasteiger partial charge < -0.3 is 20.0 Å². The van der Waals surface area contributed by atoms with Crippen LogP contribution in [0, 0.1) is 11.6 Å². The molecule has 0 aliphatic heterocycles. The number of benzene rings is 2. The van der Waals surface area contributed by atoms with E-state index >= 15 is 0 Å². The number of nitrogens with zero attached hydrogens (tertiary/aromatic N) is 1. The third kappa shape index (κ3) is 4.77. The summed E-state index contributed by atoms with van der Waals surface area (Å²) in [6, 6.07) is 6.86. The number of hydrogen-bond acceptors (Lipinski definition) is 6. The van der Waals surface area contributed by atoms with Crippen LogP contribution in [-0.2, 0) is 9.84 Å². The van der Waals surface area contributed by atoms with Crippen molar-refractivity contribution in [1.29, 1.82) is 0 Å². The van der Waals surface area contributed by atoms with Gasteiger partial charge in [0.1, 0.15) is 34.5 Å². The lowest BCUT2D eigenvalue weighted by Gasteiger charge is -2.22. The monoisotopic (exact) mass is 501 g/mol. The Morgan fingerprint density at radius 2 is 1.81 bits per heavy atom. The van der Waals surface area contributed by atoms with Gasteiger partial charge in [-0.25, -0.2) is 22.2 Å². The van der Waals surface area contributed by atoms with Crippen molar-refractivity contribution in [3.8, 4) is 5.75 Å². The Balaban J connectivity index is 2.32. The molecule has 0 aliphatic carbocycles. The first-order chi connectivity index (χ1) is 15.0. The molecule has 3 aromatic rings. The smallest absolute Gasteiger partial charge is 0.189 e. The minimum absolute atomic E-state index is 0.0336. The molecule has 32 heavy (non-hydrogen) atoms. The van der Waals surface area contributed by atoms with Crippen molar-refractivity contribution in [2.24, 2.45) is 0 Å². The molecule has 0 radical (unpaired) electrons. The number of carbonyl (C=O) groups excluding carboxylic acids is 1. The quantitative estimate of drug-likeness (QED) is 0.546. The van der Waals surface area contributed by atoms with Crippen molar-refractivity contribution in [2.75, 3.05) is 12.4 Å². The molecular weight excluding hydrogens is 489 g/mol.